The Morgan fingerprint density at radius 1 is 1.20 bits per heavy atom. The van der Waals surface area contributed by atoms with Gasteiger partial charge in [0.05, 0.1) is 5.41 Å². The molecule has 2 aromatic rings. The molecule has 0 radical (unpaired) electrons. The summed E-state index contributed by atoms with van der Waals surface area (Å²) in [6, 6.07) is 10.8. The molecule has 4 heteroatoms. The minimum atomic E-state index is 0.0455. The molecule has 20 heavy (non-hydrogen) atoms. The molecule has 0 unspecified atom stereocenters. The van der Waals surface area contributed by atoms with Gasteiger partial charge in [-0.2, -0.15) is 4.37 Å². The van der Waals surface area contributed by atoms with Crippen molar-refractivity contribution >= 4 is 16.7 Å². The maximum absolute atomic E-state index is 4.77. The maximum Gasteiger partial charge on any atom is 0.202 e. The Kier molecular flexibility index (Phi) is 4.01. The summed E-state index contributed by atoms with van der Waals surface area (Å²) in [5.41, 5.74) is 1.42. The first-order chi connectivity index (χ1) is 9.85. The van der Waals surface area contributed by atoms with Crippen LogP contribution < -0.4 is 5.32 Å². The van der Waals surface area contributed by atoms with Gasteiger partial charge in [-0.25, -0.2) is 4.98 Å². The lowest BCUT2D eigenvalue weighted by Crippen LogP contribution is -2.25. The molecule has 1 N–H and O–H groups in total. The van der Waals surface area contributed by atoms with Crippen LogP contribution >= 0.6 is 11.5 Å². The highest BCUT2D eigenvalue weighted by molar-refractivity contribution is 7.09. The highest BCUT2D eigenvalue weighted by atomic mass is 32.1. The Morgan fingerprint density at radius 3 is 2.65 bits per heavy atom. The molecule has 1 aliphatic rings. The highest BCUT2D eigenvalue weighted by Crippen LogP contribution is 2.45. The van der Waals surface area contributed by atoms with E-state index in [-0.39, 0.29) is 5.41 Å². The van der Waals surface area contributed by atoms with Gasteiger partial charge in [0, 0.05) is 18.1 Å². The molecule has 3 rings (SSSR count). The Hall–Kier alpha value is -1.42. The first-order valence-corrected chi connectivity index (χ1v) is 8.26. The van der Waals surface area contributed by atoms with Crippen molar-refractivity contribution in [2.75, 3.05) is 11.9 Å². The van der Waals surface area contributed by atoms with Crippen molar-refractivity contribution in [3.63, 3.8) is 0 Å². The van der Waals surface area contributed by atoms with Crippen LogP contribution in [-0.2, 0) is 5.41 Å². The molecule has 0 saturated heterocycles. The average molecular weight is 287 g/mol. The molecule has 1 heterocycles. The number of nitrogens with zero attached hydrogens (tertiary/aromatic N) is 2. The summed E-state index contributed by atoms with van der Waals surface area (Å²) in [6.07, 6.45) is 5.98. The van der Waals surface area contributed by atoms with E-state index in [9.17, 15) is 0 Å². The van der Waals surface area contributed by atoms with E-state index < -0.39 is 0 Å². The van der Waals surface area contributed by atoms with Crippen LogP contribution in [-0.4, -0.2) is 15.9 Å². The second-order valence-corrected chi connectivity index (χ2v) is 6.26. The topological polar surface area (TPSA) is 37.8 Å². The van der Waals surface area contributed by atoms with Crippen molar-refractivity contribution in [2.45, 2.75) is 44.4 Å². The summed E-state index contributed by atoms with van der Waals surface area (Å²) < 4.78 is 4.67. The minimum absolute atomic E-state index is 0.0455. The predicted octanol–water partition coefficient (Wildman–Crippen LogP) is 4.22. The van der Waals surface area contributed by atoms with Gasteiger partial charge in [0.2, 0.25) is 5.13 Å². The van der Waals surface area contributed by atoms with Crippen LogP contribution in [0.4, 0.5) is 5.13 Å². The largest absolute Gasteiger partial charge is 0.360 e. The monoisotopic (exact) mass is 287 g/mol. The number of hydrogen-bond acceptors (Lipinski definition) is 4. The zero-order chi connectivity index (χ0) is 13.8. The molecular formula is C16H21N3S. The molecule has 0 aliphatic heterocycles. The van der Waals surface area contributed by atoms with E-state index in [1.54, 1.807) is 0 Å². The number of benzene rings is 1. The Labute approximate surface area is 124 Å². The summed E-state index contributed by atoms with van der Waals surface area (Å²) in [6.45, 7) is 3.13. The number of anilines is 1. The first kappa shape index (κ1) is 13.6. The Bertz CT molecular complexity index is 544. The second kappa shape index (κ2) is 5.92. The number of aromatic nitrogens is 2. The first-order valence-electron chi connectivity index (χ1n) is 7.49. The Balaban J connectivity index is 1.93. The zero-order valence-corrected chi connectivity index (χ0v) is 12.7. The van der Waals surface area contributed by atoms with Crippen LogP contribution in [0.15, 0.2) is 30.3 Å². The third-order valence-corrected chi connectivity index (χ3v) is 4.84. The fourth-order valence-corrected chi connectivity index (χ4v) is 3.78. The summed E-state index contributed by atoms with van der Waals surface area (Å²) in [7, 11) is 0. The number of nitrogens with one attached hydrogen (secondary N) is 1. The molecule has 3 nitrogen and oxygen atoms in total. The molecular weight excluding hydrogens is 266 g/mol. The summed E-state index contributed by atoms with van der Waals surface area (Å²) in [4.78, 5) is 4.77. The van der Waals surface area contributed by atoms with Gasteiger partial charge in [-0.15, -0.1) is 0 Å². The van der Waals surface area contributed by atoms with E-state index >= 15 is 0 Å². The van der Waals surface area contributed by atoms with Gasteiger partial charge in [0.15, 0.2) is 5.82 Å². The van der Waals surface area contributed by atoms with E-state index in [0.717, 1.165) is 23.9 Å². The molecule has 1 aliphatic carbocycles. The van der Waals surface area contributed by atoms with Gasteiger partial charge in [-0.05, 0) is 24.8 Å². The third kappa shape index (κ3) is 2.44. The highest BCUT2D eigenvalue weighted by Gasteiger charge is 2.40. The quantitative estimate of drug-likeness (QED) is 0.894. The van der Waals surface area contributed by atoms with Crippen molar-refractivity contribution in [3.05, 3.63) is 41.7 Å². The lowest BCUT2D eigenvalue weighted by atomic mass is 9.78. The van der Waals surface area contributed by atoms with Gasteiger partial charge >= 0.3 is 0 Å². The van der Waals surface area contributed by atoms with Gasteiger partial charge in [0.25, 0.3) is 0 Å². The molecule has 0 spiro atoms. The molecule has 1 saturated carbocycles. The Morgan fingerprint density at radius 2 is 1.95 bits per heavy atom. The van der Waals surface area contributed by atoms with E-state index in [2.05, 4.69) is 46.9 Å². The number of hydrogen-bond donors (Lipinski definition) is 1. The standard InChI is InChI=1S/C16H21N3S/c1-2-12-17-15-18-14(19-20-15)16(10-6-7-11-16)13-8-4-3-5-9-13/h3-5,8-9H,2,6-7,10-12H2,1H3,(H,17,18,19). The SMILES string of the molecule is CCCNc1nc(C2(c3ccccc3)CCCC2)ns1. The molecule has 106 valence electrons. The van der Waals surface area contributed by atoms with E-state index in [1.165, 1.54) is 42.8 Å². The predicted molar refractivity (Wildman–Crippen MR) is 84.4 cm³/mol. The average Bonchev–Trinajstić information content (AvgIpc) is 3.16. The van der Waals surface area contributed by atoms with Gasteiger partial charge in [-0.3, -0.25) is 0 Å². The molecule has 1 aromatic heterocycles. The van der Waals surface area contributed by atoms with Crippen LogP contribution in [0, 0.1) is 0 Å². The normalized spacial score (nSPS) is 17.2. The molecule has 0 bridgehead atoms. The molecule has 0 atom stereocenters. The summed E-state index contributed by atoms with van der Waals surface area (Å²) in [5.74, 6) is 1.02. The fraction of sp³-hybridized carbons (Fsp3) is 0.500. The third-order valence-electron chi connectivity index (χ3n) is 4.16. The van der Waals surface area contributed by atoms with E-state index in [4.69, 9.17) is 4.98 Å². The van der Waals surface area contributed by atoms with Crippen LogP contribution in [0.2, 0.25) is 0 Å². The van der Waals surface area contributed by atoms with Crippen molar-refractivity contribution in [1.29, 1.82) is 0 Å². The molecule has 1 aromatic carbocycles. The summed E-state index contributed by atoms with van der Waals surface area (Å²) >= 11 is 1.50. The van der Waals surface area contributed by atoms with Crippen molar-refractivity contribution in [1.82, 2.24) is 9.36 Å². The second-order valence-electron chi connectivity index (χ2n) is 5.51. The summed E-state index contributed by atoms with van der Waals surface area (Å²) in [5, 5.41) is 4.31. The lowest BCUT2D eigenvalue weighted by molar-refractivity contribution is 0.507. The van der Waals surface area contributed by atoms with E-state index in [0.29, 0.717) is 0 Å². The van der Waals surface area contributed by atoms with Crippen molar-refractivity contribution in [2.24, 2.45) is 0 Å². The number of rotatable bonds is 5. The van der Waals surface area contributed by atoms with Gasteiger partial charge in [-0.1, -0.05) is 50.1 Å². The maximum atomic E-state index is 4.77. The zero-order valence-electron chi connectivity index (χ0n) is 11.9. The van der Waals surface area contributed by atoms with Crippen LogP contribution in [0.25, 0.3) is 0 Å². The minimum Gasteiger partial charge on any atom is -0.360 e. The van der Waals surface area contributed by atoms with Crippen LogP contribution in [0.5, 0.6) is 0 Å². The van der Waals surface area contributed by atoms with Crippen molar-refractivity contribution in [3.8, 4) is 0 Å². The van der Waals surface area contributed by atoms with Gasteiger partial charge in [0.1, 0.15) is 0 Å². The smallest absolute Gasteiger partial charge is 0.202 e. The lowest BCUT2D eigenvalue weighted by Gasteiger charge is -2.26. The fourth-order valence-electron chi connectivity index (χ4n) is 3.10. The molecule has 0 amide bonds. The van der Waals surface area contributed by atoms with E-state index in [1.807, 2.05) is 0 Å². The molecule has 1 fully saturated rings. The van der Waals surface area contributed by atoms with Crippen LogP contribution in [0.3, 0.4) is 0 Å². The van der Waals surface area contributed by atoms with Crippen molar-refractivity contribution < 1.29 is 0 Å². The van der Waals surface area contributed by atoms with Crippen LogP contribution in [0.1, 0.15) is 50.4 Å². The van der Waals surface area contributed by atoms with Gasteiger partial charge < -0.3 is 5.32 Å².